The highest BCUT2D eigenvalue weighted by atomic mass is 16.5. The van der Waals surface area contributed by atoms with E-state index in [9.17, 15) is 4.79 Å². The first kappa shape index (κ1) is 20.5. The maximum atomic E-state index is 11.0. The Kier molecular flexibility index (Phi) is 13.4. The van der Waals surface area contributed by atoms with Gasteiger partial charge in [-0.2, -0.15) is 0 Å². The molecule has 128 valence electrons. The second kappa shape index (κ2) is 14.4. The highest BCUT2D eigenvalue weighted by Crippen LogP contribution is 2.04. The highest BCUT2D eigenvalue weighted by Gasteiger charge is 2.04. The van der Waals surface area contributed by atoms with E-state index in [1.54, 1.807) is 0 Å². The molecule has 0 aliphatic heterocycles. The van der Waals surface area contributed by atoms with Crippen LogP contribution in [0.15, 0.2) is 17.6 Å². The van der Waals surface area contributed by atoms with Crippen LogP contribution < -0.4 is 5.32 Å². The number of allylic oxidation sites excluding steroid dienone is 1. The van der Waals surface area contributed by atoms with Crippen LogP contribution >= 0.6 is 0 Å². The second-order valence-corrected chi connectivity index (χ2v) is 5.33. The first-order valence-electron chi connectivity index (χ1n) is 8.32. The monoisotopic (exact) mass is 311 g/mol. The molecule has 0 rings (SSSR count). The Balaban J connectivity index is 3.90. The molecule has 0 radical (unpaired) electrons. The number of rotatable bonds is 12. The van der Waals surface area contributed by atoms with Gasteiger partial charge in [0.15, 0.2) is 5.96 Å². The Hall–Kier alpha value is -1.52. The predicted molar refractivity (Wildman–Crippen MR) is 93.1 cm³/mol. The van der Waals surface area contributed by atoms with Crippen molar-refractivity contribution in [2.75, 3.05) is 33.8 Å². The van der Waals surface area contributed by atoms with Crippen LogP contribution in [0.2, 0.25) is 0 Å². The predicted octanol–water partition coefficient (Wildman–Crippen LogP) is 2.97. The molecule has 0 aliphatic carbocycles. The number of hydrogen-bond donors (Lipinski definition) is 1. The summed E-state index contributed by atoms with van der Waals surface area (Å²) in [7, 11) is 3.51. The Morgan fingerprint density at radius 3 is 2.64 bits per heavy atom. The third-order valence-electron chi connectivity index (χ3n) is 3.38. The van der Waals surface area contributed by atoms with Crippen molar-refractivity contribution >= 4 is 11.9 Å². The summed E-state index contributed by atoms with van der Waals surface area (Å²) < 4.78 is 4.62. The Labute approximate surface area is 135 Å². The average Bonchev–Trinajstić information content (AvgIpc) is 2.52. The number of esters is 1. The summed E-state index contributed by atoms with van der Waals surface area (Å²) in [5, 5.41) is 3.32. The second-order valence-electron chi connectivity index (χ2n) is 5.33. The number of carbonyl (C=O) groups excluding carboxylic acids is 1. The van der Waals surface area contributed by atoms with Crippen LogP contribution in [0.25, 0.3) is 0 Å². The molecule has 5 heteroatoms. The van der Waals surface area contributed by atoms with E-state index in [0.29, 0.717) is 6.42 Å². The van der Waals surface area contributed by atoms with Crippen LogP contribution in [0, 0.1) is 0 Å². The van der Waals surface area contributed by atoms with Crippen molar-refractivity contribution in [2.45, 2.75) is 51.9 Å². The topological polar surface area (TPSA) is 53.9 Å². The van der Waals surface area contributed by atoms with Gasteiger partial charge in [0, 0.05) is 33.1 Å². The van der Waals surface area contributed by atoms with Crippen molar-refractivity contribution in [3.05, 3.63) is 12.7 Å². The molecule has 0 atom stereocenters. The average molecular weight is 311 g/mol. The molecule has 0 amide bonds. The minimum atomic E-state index is -0.117. The number of hydrogen-bond acceptors (Lipinski definition) is 3. The summed E-state index contributed by atoms with van der Waals surface area (Å²) >= 11 is 0. The van der Waals surface area contributed by atoms with E-state index in [0.717, 1.165) is 64.1 Å². The van der Waals surface area contributed by atoms with Gasteiger partial charge < -0.3 is 15.0 Å². The zero-order valence-corrected chi connectivity index (χ0v) is 14.6. The molecular formula is C17H33N3O2. The SMILES string of the molecule is C=CCCCN(C)C(=NCCCCCCC(=O)OC)NCC. The first-order valence-corrected chi connectivity index (χ1v) is 8.32. The Morgan fingerprint density at radius 1 is 1.27 bits per heavy atom. The van der Waals surface area contributed by atoms with E-state index < -0.39 is 0 Å². The number of ether oxygens (including phenoxy) is 1. The van der Waals surface area contributed by atoms with Crippen LogP contribution in [0.3, 0.4) is 0 Å². The van der Waals surface area contributed by atoms with Crippen molar-refractivity contribution in [3.8, 4) is 0 Å². The Morgan fingerprint density at radius 2 is 2.00 bits per heavy atom. The number of nitrogens with one attached hydrogen (secondary N) is 1. The quantitative estimate of drug-likeness (QED) is 0.198. The molecular weight excluding hydrogens is 278 g/mol. The third-order valence-corrected chi connectivity index (χ3v) is 3.38. The molecule has 0 heterocycles. The summed E-state index contributed by atoms with van der Waals surface area (Å²) in [5.41, 5.74) is 0. The summed E-state index contributed by atoms with van der Waals surface area (Å²) in [4.78, 5) is 17.8. The van der Waals surface area contributed by atoms with Crippen LogP contribution in [-0.4, -0.2) is 50.6 Å². The molecule has 5 nitrogen and oxygen atoms in total. The molecule has 0 aromatic rings. The molecule has 0 aromatic heterocycles. The van der Waals surface area contributed by atoms with E-state index >= 15 is 0 Å². The van der Waals surface area contributed by atoms with Gasteiger partial charge in [-0.05, 0) is 32.6 Å². The van der Waals surface area contributed by atoms with E-state index in [1.807, 2.05) is 6.08 Å². The number of unbranched alkanes of at least 4 members (excludes halogenated alkanes) is 4. The van der Waals surface area contributed by atoms with E-state index in [4.69, 9.17) is 0 Å². The number of nitrogens with zero attached hydrogens (tertiary/aromatic N) is 2. The smallest absolute Gasteiger partial charge is 0.305 e. The lowest BCUT2D eigenvalue weighted by atomic mass is 10.1. The first-order chi connectivity index (χ1) is 10.7. The fourth-order valence-corrected chi connectivity index (χ4v) is 2.07. The van der Waals surface area contributed by atoms with Gasteiger partial charge in [-0.3, -0.25) is 9.79 Å². The van der Waals surface area contributed by atoms with Gasteiger partial charge >= 0.3 is 5.97 Å². The third kappa shape index (κ3) is 11.2. The summed E-state index contributed by atoms with van der Waals surface area (Å²) in [6.07, 6.45) is 8.70. The van der Waals surface area contributed by atoms with Gasteiger partial charge in [-0.25, -0.2) is 0 Å². The molecule has 0 bridgehead atoms. The van der Waals surface area contributed by atoms with Gasteiger partial charge in [0.25, 0.3) is 0 Å². The molecule has 0 aliphatic rings. The molecule has 0 fully saturated rings. The lowest BCUT2D eigenvalue weighted by Gasteiger charge is -2.21. The van der Waals surface area contributed by atoms with Crippen molar-refractivity contribution in [1.29, 1.82) is 0 Å². The van der Waals surface area contributed by atoms with Crippen LogP contribution in [-0.2, 0) is 9.53 Å². The van der Waals surface area contributed by atoms with Crippen molar-refractivity contribution < 1.29 is 9.53 Å². The van der Waals surface area contributed by atoms with Gasteiger partial charge in [-0.15, -0.1) is 6.58 Å². The summed E-state index contributed by atoms with van der Waals surface area (Å²) in [6.45, 7) is 8.52. The Bertz CT molecular complexity index is 330. The standard InChI is InChI=1S/C17H33N3O2/c1-5-7-12-15-20(3)17(18-6-2)19-14-11-9-8-10-13-16(21)22-4/h5H,1,6-15H2,2-4H3,(H,18,19). The zero-order chi connectivity index (χ0) is 16.6. The fourth-order valence-electron chi connectivity index (χ4n) is 2.07. The molecule has 1 N–H and O–H groups in total. The van der Waals surface area contributed by atoms with Crippen molar-refractivity contribution in [1.82, 2.24) is 10.2 Å². The maximum Gasteiger partial charge on any atom is 0.305 e. The number of guanidine groups is 1. The van der Waals surface area contributed by atoms with Crippen LogP contribution in [0.4, 0.5) is 0 Å². The van der Waals surface area contributed by atoms with E-state index in [2.05, 4.69) is 40.5 Å². The highest BCUT2D eigenvalue weighted by molar-refractivity contribution is 5.79. The van der Waals surface area contributed by atoms with Gasteiger partial charge in [0.05, 0.1) is 7.11 Å². The maximum absolute atomic E-state index is 11.0. The summed E-state index contributed by atoms with van der Waals surface area (Å²) in [6, 6.07) is 0. The van der Waals surface area contributed by atoms with Gasteiger partial charge in [0.2, 0.25) is 0 Å². The van der Waals surface area contributed by atoms with E-state index in [-0.39, 0.29) is 5.97 Å². The molecule has 22 heavy (non-hydrogen) atoms. The molecule has 0 aromatic carbocycles. The van der Waals surface area contributed by atoms with Gasteiger partial charge in [0.1, 0.15) is 0 Å². The number of aliphatic imine (C=N–C) groups is 1. The zero-order valence-electron chi connectivity index (χ0n) is 14.6. The molecule has 0 saturated carbocycles. The lowest BCUT2D eigenvalue weighted by molar-refractivity contribution is -0.140. The van der Waals surface area contributed by atoms with Crippen LogP contribution in [0.1, 0.15) is 51.9 Å². The summed E-state index contributed by atoms with van der Waals surface area (Å²) in [5.74, 6) is 0.856. The largest absolute Gasteiger partial charge is 0.469 e. The van der Waals surface area contributed by atoms with E-state index in [1.165, 1.54) is 7.11 Å². The normalized spacial score (nSPS) is 11.1. The van der Waals surface area contributed by atoms with Crippen molar-refractivity contribution in [2.24, 2.45) is 4.99 Å². The fraction of sp³-hybridized carbons (Fsp3) is 0.765. The molecule has 0 spiro atoms. The minimum Gasteiger partial charge on any atom is -0.469 e. The number of methoxy groups -OCH3 is 1. The van der Waals surface area contributed by atoms with Crippen molar-refractivity contribution in [3.63, 3.8) is 0 Å². The molecule has 0 saturated heterocycles. The minimum absolute atomic E-state index is 0.117. The molecule has 0 unspecified atom stereocenters. The lowest BCUT2D eigenvalue weighted by Crippen LogP contribution is -2.39. The van der Waals surface area contributed by atoms with Crippen LogP contribution in [0.5, 0.6) is 0 Å². The van der Waals surface area contributed by atoms with Gasteiger partial charge in [-0.1, -0.05) is 18.9 Å². The number of carbonyl (C=O) groups is 1.